The molecule has 2 amide bonds. The van der Waals surface area contributed by atoms with E-state index in [9.17, 15) is 14.4 Å². The van der Waals surface area contributed by atoms with Crippen LogP contribution < -0.4 is 10.6 Å². The molecule has 2 aromatic rings. The quantitative estimate of drug-likeness (QED) is 0.552. The van der Waals surface area contributed by atoms with Gasteiger partial charge in [-0.15, -0.1) is 0 Å². The van der Waals surface area contributed by atoms with E-state index in [1.165, 1.54) is 6.26 Å². The molecule has 0 aliphatic carbocycles. The molecule has 1 aromatic carbocycles. The van der Waals surface area contributed by atoms with Gasteiger partial charge in [-0.2, -0.15) is 0 Å². The molecule has 144 valence electrons. The zero-order chi connectivity index (χ0) is 19.6. The normalized spacial score (nSPS) is 10.4. The monoisotopic (exact) mass is 372 g/mol. The molecule has 0 spiro atoms. The van der Waals surface area contributed by atoms with E-state index in [2.05, 4.69) is 10.6 Å². The highest BCUT2D eigenvalue weighted by Gasteiger charge is 2.12. The number of carbonyl (C=O) groups is 3. The number of hydrogen-bond acceptors (Lipinski definition) is 4. The zero-order valence-electron chi connectivity index (χ0n) is 15.3. The minimum atomic E-state index is -0.780. The van der Waals surface area contributed by atoms with E-state index in [-0.39, 0.29) is 24.0 Å². The third-order valence-electron chi connectivity index (χ3n) is 4.10. The number of nitrogens with one attached hydrogen (secondary N) is 2. The Labute approximate surface area is 157 Å². The summed E-state index contributed by atoms with van der Waals surface area (Å²) in [7, 11) is 0. The lowest BCUT2D eigenvalue weighted by Gasteiger charge is -2.10. The predicted octanol–water partition coefficient (Wildman–Crippen LogP) is 3.61. The lowest BCUT2D eigenvalue weighted by atomic mass is 10.1. The van der Waals surface area contributed by atoms with Gasteiger partial charge in [-0.3, -0.25) is 14.4 Å². The van der Waals surface area contributed by atoms with Gasteiger partial charge in [0.1, 0.15) is 0 Å². The lowest BCUT2D eigenvalue weighted by Crippen LogP contribution is -2.24. The first-order valence-electron chi connectivity index (χ1n) is 8.93. The Bertz CT molecular complexity index is 784. The Morgan fingerprint density at radius 2 is 1.81 bits per heavy atom. The van der Waals surface area contributed by atoms with E-state index in [0.717, 1.165) is 24.8 Å². The Kier molecular flexibility index (Phi) is 7.61. The lowest BCUT2D eigenvalue weighted by molar-refractivity contribution is -0.137. The average molecular weight is 372 g/mol. The third kappa shape index (κ3) is 6.62. The number of carboxylic acids is 1. The summed E-state index contributed by atoms with van der Waals surface area (Å²) in [6, 6.07) is 8.32. The van der Waals surface area contributed by atoms with E-state index in [1.807, 2.05) is 6.92 Å². The topological polar surface area (TPSA) is 109 Å². The van der Waals surface area contributed by atoms with Gasteiger partial charge in [0.2, 0.25) is 0 Å². The van der Waals surface area contributed by atoms with Crippen molar-refractivity contribution >= 4 is 23.5 Å². The number of unbranched alkanes of at least 4 members (excludes halogenated alkanes) is 3. The molecular weight excluding hydrogens is 348 g/mol. The average Bonchev–Trinajstić information content (AvgIpc) is 3.17. The number of carbonyl (C=O) groups excluding carboxylic acids is 2. The van der Waals surface area contributed by atoms with Gasteiger partial charge >= 0.3 is 5.97 Å². The van der Waals surface area contributed by atoms with Crippen molar-refractivity contribution in [2.75, 3.05) is 11.9 Å². The summed E-state index contributed by atoms with van der Waals surface area (Å²) in [4.78, 5) is 34.8. The van der Waals surface area contributed by atoms with Crippen molar-refractivity contribution in [2.24, 2.45) is 0 Å². The number of carboxylic acid groups (broad SMARTS) is 1. The first-order valence-corrected chi connectivity index (χ1v) is 8.93. The molecule has 0 saturated heterocycles. The van der Waals surface area contributed by atoms with E-state index < -0.39 is 5.97 Å². The second kappa shape index (κ2) is 10.2. The number of rotatable bonds is 10. The highest BCUT2D eigenvalue weighted by molar-refractivity contribution is 6.03. The van der Waals surface area contributed by atoms with Gasteiger partial charge in [0.15, 0.2) is 5.76 Å². The van der Waals surface area contributed by atoms with Gasteiger partial charge in [0.25, 0.3) is 11.8 Å². The second-order valence-electron chi connectivity index (χ2n) is 6.27. The molecule has 7 nitrogen and oxygen atoms in total. The summed E-state index contributed by atoms with van der Waals surface area (Å²) < 4.78 is 5.07. The van der Waals surface area contributed by atoms with Gasteiger partial charge in [-0.25, -0.2) is 0 Å². The Hall–Kier alpha value is -3.09. The number of furan rings is 1. The summed E-state index contributed by atoms with van der Waals surface area (Å²) in [5, 5.41) is 14.2. The standard InChI is InChI=1S/C20H24N2O5/c1-14-9-10-15(13-16(14)22-20(26)17-7-6-12-27-17)19(25)21-11-5-3-2-4-8-18(23)24/h6-7,9-10,12-13H,2-5,8,11H2,1H3,(H,21,25)(H,22,26)(H,23,24). The smallest absolute Gasteiger partial charge is 0.303 e. The van der Waals surface area contributed by atoms with E-state index in [1.54, 1.807) is 30.3 Å². The SMILES string of the molecule is Cc1ccc(C(=O)NCCCCCCC(=O)O)cc1NC(=O)c1ccco1. The van der Waals surface area contributed by atoms with Crippen LogP contribution in [-0.4, -0.2) is 29.4 Å². The number of aliphatic carboxylic acids is 1. The number of amides is 2. The molecular formula is C20H24N2O5. The summed E-state index contributed by atoms with van der Waals surface area (Å²) in [6.45, 7) is 2.37. The second-order valence-corrected chi connectivity index (χ2v) is 6.27. The number of hydrogen-bond donors (Lipinski definition) is 3. The highest BCUT2D eigenvalue weighted by Crippen LogP contribution is 2.18. The van der Waals surface area contributed by atoms with Crippen LogP contribution in [0.1, 0.15) is 58.6 Å². The Morgan fingerprint density at radius 3 is 2.52 bits per heavy atom. The molecule has 2 rings (SSSR count). The maximum Gasteiger partial charge on any atom is 0.303 e. The molecule has 0 fully saturated rings. The number of anilines is 1. The summed E-state index contributed by atoms with van der Waals surface area (Å²) in [5.74, 6) is -1.17. The first-order chi connectivity index (χ1) is 13.0. The summed E-state index contributed by atoms with van der Waals surface area (Å²) in [5.41, 5.74) is 1.85. The fourth-order valence-corrected chi connectivity index (χ4v) is 2.55. The maximum atomic E-state index is 12.3. The third-order valence-corrected chi connectivity index (χ3v) is 4.10. The summed E-state index contributed by atoms with van der Waals surface area (Å²) in [6.07, 6.45) is 4.75. The van der Waals surface area contributed by atoms with Crippen LogP contribution in [0.15, 0.2) is 41.0 Å². The molecule has 1 aromatic heterocycles. The van der Waals surface area contributed by atoms with Crippen molar-refractivity contribution < 1.29 is 23.9 Å². The van der Waals surface area contributed by atoms with E-state index in [0.29, 0.717) is 24.2 Å². The maximum absolute atomic E-state index is 12.3. The van der Waals surface area contributed by atoms with Crippen LogP contribution in [0.3, 0.4) is 0 Å². The molecule has 0 saturated carbocycles. The predicted molar refractivity (Wildman–Crippen MR) is 101 cm³/mol. The molecule has 0 radical (unpaired) electrons. The molecule has 1 heterocycles. The number of aryl methyl sites for hydroxylation is 1. The molecule has 27 heavy (non-hydrogen) atoms. The largest absolute Gasteiger partial charge is 0.481 e. The number of benzene rings is 1. The zero-order valence-corrected chi connectivity index (χ0v) is 15.3. The molecule has 0 atom stereocenters. The molecule has 7 heteroatoms. The van der Waals surface area contributed by atoms with Crippen LogP contribution in [0, 0.1) is 6.92 Å². The van der Waals surface area contributed by atoms with Crippen LogP contribution in [0.4, 0.5) is 5.69 Å². The molecule has 3 N–H and O–H groups in total. The Morgan fingerprint density at radius 1 is 1.04 bits per heavy atom. The van der Waals surface area contributed by atoms with Gasteiger partial charge in [0, 0.05) is 24.2 Å². The van der Waals surface area contributed by atoms with Crippen molar-refractivity contribution in [3.8, 4) is 0 Å². The van der Waals surface area contributed by atoms with Crippen molar-refractivity contribution in [3.05, 3.63) is 53.5 Å². The molecule has 0 aliphatic heterocycles. The van der Waals surface area contributed by atoms with Gasteiger partial charge in [0.05, 0.1) is 6.26 Å². The molecule has 0 bridgehead atoms. The minimum Gasteiger partial charge on any atom is -0.481 e. The van der Waals surface area contributed by atoms with Gasteiger partial charge < -0.3 is 20.2 Å². The minimum absolute atomic E-state index is 0.183. The van der Waals surface area contributed by atoms with Crippen LogP contribution in [0.5, 0.6) is 0 Å². The van der Waals surface area contributed by atoms with E-state index in [4.69, 9.17) is 9.52 Å². The van der Waals surface area contributed by atoms with Crippen molar-refractivity contribution in [3.63, 3.8) is 0 Å². The van der Waals surface area contributed by atoms with Gasteiger partial charge in [-0.05, 0) is 49.6 Å². The summed E-state index contributed by atoms with van der Waals surface area (Å²) >= 11 is 0. The van der Waals surface area contributed by atoms with Gasteiger partial charge in [-0.1, -0.05) is 18.9 Å². The highest BCUT2D eigenvalue weighted by atomic mass is 16.4. The van der Waals surface area contributed by atoms with Crippen molar-refractivity contribution in [2.45, 2.75) is 39.0 Å². The van der Waals surface area contributed by atoms with Crippen LogP contribution >= 0.6 is 0 Å². The first kappa shape index (κ1) is 20.2. The van der Waals surface area contributed by atoms with Crippen molar-refractivity contribution in [1.29, 1.82) is 0 Å². The van der Waals surface area contributed by atoms with Crippen LogP contribution in [0.25, 0.3) is 0 Å². The molecule has 0 unspecified atom stereocenters. The fourth-order valence-electron chi connectivity index (χ4n) is 2.55. The van der Waals surface area contributed by atoms with Crippen LogP contribution in [0.2, 0.25) is 0 Å². The Balaban J connectivity index is 1.82. The van der Waals surface area contributed by atoms with Crippen LogP contribution in [-0.2, 0) is 4.79 Å². The fraction of sp³-hybridized carbons (Fsp3) is 0.350. The molecule has 0 aliphatic rings. The van der Waals surface area contributed by atoms with E-state index >= 15 is 0 Å². The van der Waals surface area contributed by atoms with Crippen molar-refractivity contribution in [1.82, 2.24) is 5.32 Å².